The molecule has 1 aromatic carbocycles. The molecule has 0 atom stereocenters. The highest BCUT2D eigenvalue weighted by Gasteiger charge is 1.91. The molecule has 0 radical (unpaired) electrons. The number of hydrogen-bond donors (Lipinski definition) is 1. The molecule has 10 heavy (non-hydrogen) atoms. The highest BCUT2D eigenvalue weighted by atomic mass is 35.5. The molecular weight excluding hydrogens is 166 g/mol. The lowest BCUT2D eigenvalue weighted by atomic mass is 10.2. The first kappa shape index (κ1) is 7.92. The molecule has 0 aliphatic heterocycles. The van der Waals surface area contributed by atoms with Gasteiger partial charge >= 0.3 is 0 Å². The standard InChI is InChI=1S/C7H8ClNS/c8-5-6-2-1-3-7(4-6)10-9/h1-4H,5,9H2. The van der Waals surface area contributed by atoms with E-state index < -0.39 is 0 Å². The highest BCUT2D eigenvalue weighted by Crippen LogP contribution is 2.14. The molecule has 54 valence electrons. The fraction of sp³-hybridized carbons (Fsp3) is 0.143. The third kappa shape index (κ3) is 1.90. The molecule has 0 amide bonds. The van der Waals surface area contributed by atoms with Crippen LogP contribution in [0.1, 0.15) is 5.56 Å². The topological polar surface area (TPSA) is 26.0 Å². The summed E-state index contributed by atoms with van der Waals surface area (Å²) in [5.74, 6) is 0.550. The molecule has 1 aromatic rings. The lowest BCUT2D eigenvalue weighted by molar-refractivity contribution is 1.32. The van der Waals surface area contributed by atoms with E-state index in [2.05, 4.69) is 0 Å². The molecule has 0 saturated heterocycles. The van der Waals surface area contributed by atoms with E-state index >= 15 is 0 Å². The lowest BCUT2D eigenvalue weighted by Gasteiger charge is -1.96. The van der Waals surface area contributed by atoms with Gasteiger partial charge in [-0.15, -0.1) is 11.6 Å². The number of benzene rings is 1. The minimum Gasteiger partial charge on any atom is -0.274 e. The predicted octanol–water partition coefficient (Wildman–Crippen LogP) is 2.39. The monoisotopic (exact) mass is 173 g/mol. The van der Waals surface area contributed by atoms with Crippen LogP contribution in [0.15, 0.2) is 29.2 Å². The molecule has 0 fully saturated rings. The zero-order chi connectivity index (χ0) is 7.40. The number of rotatable bonds is 2. The van der Waals surface area contributed by atoms with E-state index in [9.17, 15) is 0 Å². The Balaban J connectivity index is 2.87. The van der Waals surface area contributed by atoms with Crippen molar-refractivity contribution in [3.05, 3.63) is 29.8 Å². The molecule has 0 saturated carbocycles. The summed E-state index contributed by atoms with van der Waals surface area (Å²) in [5, 5.41) is 5.35. The zero-order valence-electron chi connectivity index (χ0n) is 5.38. The van der Waals surface area contributed by atoms with Gasteiger partial charge in [-0.2, -0.15) is 0 Å². The van der Waals surface area contributed by atoms with E-state index in [0.29, 0.717) is 5.88 Å². The van der Waals surface area contributed by atoms with Gasteiger partial charge in [-0.25, -0.2) is 0 Å². The van der Waals surface area contributed by atoms with E-state index in [-0.39, 0.29) is 0 Å². The van der Waals surface area contributed by atoms with Gasteiger partial charge in [0.05, 0.1) is 0 Å². The zero-order valence-corrected chi connectivity index (χ0v) is 6.95. The molecule has 0 aliphatic carbocycles. The molecule has 1 nitrogen and oxygen atoms in total. The Bertz CT molecular complexity index is 195. The van der Waals surface area contributed by atoms with Crippen LogP contribution in [0.3, 0.4) is 0 Å². The van der Waals surface area contributed by atoms with E-state index in [4.69, 9.17) is 16.7 Å². The van der Waals surface area contributed by atoms with Crippen LogP contribution >= 0.6 is 23.5 Å². The summed E-state index contributed by atoms with van der Waals surface area (Å²) in [6.07, 6.45) is 0. The molecular formula is C7H8ClNS. The van der Waals surface area contributed by atoms with Crippen LogP contribution in [-0.4, -0.2) is 0 Å². The third-order valence-corrected chi connectivity index (χ3v) is 2.02. The van der Waals surface area contributed by atoms with Gasteiger partial charge in [0.15, 0.2) is 0 Å². The molecule has 0 spiro atoms. The summed E-state index contributed by atoms with van der Waals surface area (Å²) in [5.41, 5.74) is 1.11. The molecule has 2 N–H and O–H groups in total. The normalized spacial score (nSPS) is 9.80. The van der Waals surface area contributed by atoms with E-state index in [1.807, 2.05) is 24.3 Å². The van der Waals surface area contributed by atoms with Crippen molar-refractivity contribution >= 4 is 23.5 Å². The average molecular weight is 174 g/mol. The van der Waals surface area contributed by atoms with Crippen LogP contribution in [0.4, 0.5) is 0 Å². The van der Waals surface area contributed by atoms with Crippen molar-refractivity contribution in [2.45, 2.75) is 10.8 Å². The number of hydrogen-bond acceptors (Lipinski definition) is 2. The van der Waals surface area contributed by atoms with Crippen molar-refractivity contribution in [1.29, 1.82) is 0 Å². The van der Waals surface area contributed by atoms with E-state index in [0.717, 1.165) is 10.5 Å². The van der Waals surface area contributed by atoms with Gasteiger partial charge in [-0.1, -0.05) is 12.1 Å². The second kappa shape index (κ2) is 3.86. The predicted molar refractivity (Wildman–Crippen MR) is 46.0 cm³/mol. The summed E-state index contributed by atoms with van der Waals surface area (Å²) in [4.78, 5) is 1.05. The second-order valence-electron chi connectivity index (χ2n) is 1.90. The third-order valence-electron chi connectivity index (χ3n) is 1.19. The smallest absolute Gasteiger partial charge is 0.0474 e. The maximum absolute atomic E-state index is 5.61. The van der Waals surface area contributed by atoms with E-state index in [1.165, 1.54) is 11.9 Å². The number of halogens is 1. The Morgan fingerprint density at radius 3 is 2.90 bits per heavy atom. The minimum atomic E-state index is 0.550. The quantitative estimate of drug-likeness (QED) is 0.549. The Morgan fingerprint density at radius 2 is 2.30 bits per heavy atom. The first-order valence-electron chi connectivity index (χ1n) is 2.88. The van der Waals surface area contributed by atoms with Gasteiger partial charge in [-0.3, -0.25) is 5.14 Å². The van der Waals surface area contributed by atoms with Crippen molar-refractivity contribution in [3.63, 3.8) is 0 Å². The van der Waals surface area contributed by atoms with Crippen LogP contribution in [-0.2, 0) is 5.88 Å². The fourth-order valence-electron chi connectivity index (χ4n) is 0.702. The van der Waals surface area contributed by atoms with Crippen molar-refractivity contribution < 1.29 is 0 Å². The van der Waals surface area contributed by atoms with Crippen LogP contribution in [0.2, 0.25) is 0 Å². The van der Waals surface area contributed by atoms with Crippen molar-refractivity contribution in [2.75, 3.05) is 0 Å². The van der Waals surface area contributed by atoms with Gasteiger partial charge in [0, 0.05) is 10.8 Å². The lowest BCUT2D eigenvalue weighted by Crippen LogP contribution is -1.81. The van der Waals surface area contributed by atoms with E-state index in [1.54, 1.807) is 0 Å². The number of nitrogens with two attached hydrogens (primary N) is 1. The van der Waals surface area contributed by atoms with Gasteiger partial charge in [0.2, 0.25) is 0 Å². The van der Waals surface area contributed by atoms with Gasteiger partial charge < -0.3 is 0 Å². The molecule has 3 heteroatoms. The van der Waals surface area contributed by atoms with Crippen LogP contribution < -0.4 is 5.14 Å². The fourth-order valence-corrected chi connectivity index (χ4v) is 1.24. The molecule has 0 unspecified atom stereocenters. The summed E-state index contributed by atoms with van der Waals surface area (Å²) in [7, 11) is 0. The van der Waals surface area contributed by atoms with Crippen LogP contribution in [0, 0.1) is 0 Å². The average Bonchev–Trinajstić information content (AvgIpc) is 2.05. The van der Waals surface area contributed by atoms with Crippen LogP contribution in [0.5, 0.6) is 0 Å². The molecule has 0 aliphatic rings. The van der Waals surface area contributed by atoms with Gasteiger partial charge in [-0.05, 0) is 29.6 Å². The Morgan fingerprint density at radius 1 is 1.50 bits per heavy atom. The van der Waals surface area contributed by atoms with Gasteiger partial charge in [0.1, 0.15) is 0 Å². The first-order valence-corrected chi connectivity index (χ1v) is 4.30. The molecule has 1 rings (SSSR count). The SMILES string of the molecule is NSc1cccc(CCl)c1. The Hall–Kier alpha value is -0.180. The first-order chi connectivity index (χ1) is 4.86. The number of alkyl halides is 1. The Kier molecular flexibility index (Phi) is 3.06. The largest absolute Gasteiger partial charge is 0.274 e. The van der Waals surface area contributed by atoms with Crippen molar-refractivity contribution in [2.24, 2.45) is 5.14 Å². The Labute approximate surface area is 69.7 Å². The minimum absolute atomic E-state index is 0.550. The molecule has 0 bridgehead atoms. The molecule has 0 heterocycles. The summed E-state index contributed by atoms with van der Waals surface area (Å²) in [6, 6.07) is 7.87. The van der Waals surface area contributed by atoms with Crippen molar-refractivity contribution in [3.8, 4) is 0 Å². The van der Waals surface area contributed by atoms with Crippen molar-refractivity contribution in [1.82, 2.24) is 0 Å². The maximum Gasteiger partial charge on any atom is 0.0474 e. The summed E-state index contributed by atoms with van der Waals surface area (Å²) < 4.78 is 0. The summed E-state index contributed by atoms with van der Waals surface area (Å²) in [6.45, 7) is 0. The highest BCUT2D eigenvalue weighted by molar-refractivity contribution is 7.97. The molecule has 0 aromatic heterocycles. The maximum atomic E-state index is 5.61. The van der Waals surface area contributed by atoms with Gasteiger partial charge in [0.25, 0.3) is 0 Å². The van der Waals surface area contributed by atoms with Crippen LogP contribution in [0.25, 0.3) is 0 Å². The summed E-state index contributed by atoms with van der Waals surface area (Å²) >= 11 is 6.85. The second-order valence-corrected chi connectivity index (χ2v) is 2.87.